The Bertz CT molecular complexity index is 476. The first-order valence-corrected chi connectivity index (χ1v) is 5.87. The van der Waals surface area contributed by atoms with Gasteiger partial charge in [-0.1, -0.05) is 17.7 Å². The summed E-state index contributed by atoms with van der Waals surface area (Å²) in [6.07, 6.45) is 3.42. The summed E-state index contributed by atoms with van der Waals surface area (Å²) in [5, 5.41) is 3.64. The lowest BCUT2D eigenvalue weighted by Crippen LogP contribution is -2.02. The van der Waals surface area contributed by atoms with Crippen molar-refractivity contribution in [2.24, 2.45) is 0 Å². The molecule has 2 rings (SSSR count). The van der Waals surface area contributed by atoms with Crippen LogP contribution >= 0.6 is 27.5 Å². The fourth-order valence-electron chi connectivity index (χ4n) is 1.24. The molecule has 82 valence electrons. The fraction of sp³-hybridized carbons (Fsp3) is 0.0909. The molecule has 0 aliphatic heterocycles. The number of hydrogen-bond donors (Lipinski definition) is 1. The molecule has 0 aliphatic carbocycles. The van der Waals surface area contributed by atoms with Crippen molar-refractivity contribution in [1.29, 1.82) is 0 Å². The number of nitrogens with one attached hydrogen (secondary N) is 1. The van der Waals surface area contributed by atoms with E-state index in [1.54, 1.807) is 12.4 Å². The van der Waals surface area contributed by atoms with E-state index in [4.69, 9.17) is 11.6 Å². The lowest BCUT2D eigenvalue weighted by molar-refractivity contribution is 1.04. The maximum atomic E-state index is 5.95. The van der Waals surface area contributed by atoms with E-state index in [1.165, 1.54) is 0 Å². The number of nitrogens with zero attached hydrogens (tertiary/aromatic N) is 2. The molecule has 0 unspecified atom stereocenters. The van der Waals surface area contributed by atoms with Gasteiger partial charge in [-0.2, -0.15) is 0 Å². The second kappa shape index (κ2) is 5.27. The first kappa shape index (κ1) is 11.4. The minimum atomic E-state index is 0.458. The third-order valence-electron chi connectivity index (χ3n) is 1.99. The van der Waals surface area contributed by atoms with Gasteiger partial charge in [0.1, 0.15) is 0 Å². The highest BCUT2D eigenvalue weighted by atomic mass is 79.9. The van der Waals surface area contributed by atoms with Crippen LogP contribution in [0.3, 0.4) is 0 Å². The highest BCUT2D eigenvalue weighted by Crippen LogP contribution is 2.23. The zero-order valence-electron chi connectivity index (χ0n) is 8.32. The number of hydrogen-bond acceptors (Lipinski definition) is 3. The molecular formula is C11H9BrClN3. The van der Waals surface area contributed by atoms with E-state index in [0.29, 0.717) is 11.7 Å². The maximum absolute atomic E-state index is 5.95. The third-order valence-corrected chi connectivity index (χ3v) is 2.73. The summed E-state index contributed by atoms with van der Waals surface area (Å²) in [5.41, 5.74) is 1.75. The summed E-state index contributed by atoms with van der Waals surface area (Å²) >= 11 is 9.29. The van der Waals surface area contributed by atoms with Crippen LogP contribution in [0.15, 0.2) is 41.1 Å². The van der Waals surface area contributed by atoms with E-state index < -0.39 is 0 Å². The minimum absolute atomic E-state index is 0.458. The molecule has 0 fully saturated rings. The molecule has 0 bridgehead atoms. The van der Waals surface area contributed by atoms with E-state index in [-0.39, 0.29) is 0 Å². The predicted molar refractivity (Wildman–Crippen MR) is 68.5 cm³/mol. The van der Waals surface area contributed by atoms with Crippen molar-refractivity contribution in [3.8, 4) is 0 Å². The molecule has 3 nitrogen and oxygen atoms in total. The summed E-state index contributed by atoms with van der Waals surface area (Å²) in [7, 11) is 0. The molecular weight excluding hydrogens is 289 g/mol. The van der Waals surface area contributed by atoms with Gasteiger partial charge in [-0.15, -0.1) is 0 Å². The summed E-state index contributed by atoms with van der Waals surface area (Å²) in [5.74, 6) is 0. The van der Waals surface area contributed by atoms with Gasteiger partial charge >= 0.3 is 0 Å². The monoisotopic (exact) mass is 297 g/mol. The second-order valence-electron chi connectivity index (χ2n) is 3.17. The van der Waals surface area contributed by atoms with Crippen LogP contribution in [0.4, 0.5) is 5.69 Å². The Morgan fingerprint density at radius 3 is 2.94 bits per heavy atom. The first-order valence-electron chi connectivity index (χ1n) is 4.70. The van der Waals surface area contributed by atoms with E-state index in [2.05, 4.69) is 31.2 Å². The Kier molecular flexibility index (Phi) is 3.74. The Labute approximate surface area is 107 Å². The van der Waals surface area contributed by atoms with Gasteiger partial charge in [-0.05, 0) is 34.1 Å². The molecule has 0 atom stereocenters. The molecule has 0 aromatic carbocycles. The molecule has 2 aromatic rings. The van der Waals surface area contributed by atoms with Gasteiger partial charge in [0.05, 0.1) is 17.9 Å². The van der Waals surface area contributed by atoms with Crippen molar-refractivity contribution in [1.82, 2.24) is 9.97 Å². The number of anilines is 1. The summed E-state index contributed by atoms with van der Waals surface area (Å²) in [6, 6.07) is 7.67. The largest absolute Gasteiger partial charge is 0.377 e. The van der Waals surface area contributed by atoms with Gasteiger partial charge in [0, 0.05) is 16.9 Å². The smallest absolute Gasteiger partial charge is 0.152 e. The van der Waals surface area contributed by atoms with Gasteiger partial charge in [0.2, 0.25) is 0 Å². The van der Waals surface area contributed by atoms with Crippen LogP contribution in [0, 0.1) is 0 Å². The zero-order valence-corrected chi connectivity index (χ0v) is 10.7. The number of halogens is 2. The molecule has 0 amide bonds. The second-order valence-corrected chi connectivity index (χ2v) is 4.44. The van der Waals surface area contributed by atoms with Gasteiger partial charge in [-0.25, -0.2) is 4.98 Å². The van der Waals surface area contributed by atoms with Crippen molar-refractivity contribution in [2.45, 2.75) is 6.54 Å². The molecule has 5 heteroatoms. The van der Waals surface area contributed by atoms with Crippen molar-refractivity contribution in [2.75, 3.05) is 5.32 Å². The SMILES string of the molecule is Clc1ncc(Br)cc1NCc1ccccn1. The average Bonchev–Trinajstić information content (AvgIpc) is 2.32. The normalized spacial score (nSPS) is 10.1. The van der Waals surface area contributed by atoms with E-state index in [1.807, 2.05) is 24.3 Å². The molecule has 0 spiro atoms. The zero-order chi connectivity index (χ0) is 11.4. The van der Waals surface area contributed by atoms with Gasteiger partial charge in [-0.3, -0.25) is 4.98 Å². The lowest BCUT2D eigenvalue weighted by Gasteiger charge is -2.07. The van der Waals surface area contributed by atoms with Crippen LogP contribution in [-0.4, -0.2) is 9.97 Å². The van der Waals surface area contributed by atoms with E-state index in [0.717, 1.165) is 15.9 Å². The highest BCUT2D eigenvalue weighted by Gasteiger charge is 2.02. The van der Waals surface area contributed by atoms with Crippen molar-refractivity contribution >= 4 is 33.2 Å². The Morgan fingerprint density at radius 2 is 2.19 bits per heavy atom. The highest BCUT2D eigenvalue weighted by molar-refractivity contribution is 9.10. The van der Waals surface area contributed by atoms with Gasteiger partial charge in [0.15, 0.2) is 5.15 Å². The first-order chi connectivity index (χ1) is 7.75. The van der Waals surface area contributed by atoms with Gasteiger partial charge < -0.3 is 5.32 Å². The van der Waals surface area contributed by atoms with E-state index in [9.17, 15) is 0 Å². The van der Waals surface area contributed by atoms with Crippen LogP contribution in [0.25, 0.3) is 0 Å². The Balaban J connectivity index is 2.08. The minimum Gasteiger partial charge on any atom is -0.377 e. The van der Waals surface area contributed by atoms with Crippen LogP contribution in [0.1, 0.15) is 5.69 Å². The summed E-state index contributed by atoms with van der Waals surface area (Å²) in [4.78, 5) is 8.23. The van der Waals surface area contributed by atoms with Crippen molar-refractivity contribution < 1.29 is 0 Å². The number of pyridine rings is 2. The van der Waals surface area contributed by atoms with Crippen LogP contribution in [-0.2, 0) is 6.54 Å². The summed E-state index contributed by atoms with van der Waals surface area (Å²) in [6.45, 7) is 0.624. The Morgan fingerprint density at radius 1 is 1.31 bits per heavy atom. The molecule has 0 aliphatic rings. The maximum Gasteiger partial charge on any atom is 0.152 e. The van der Waals surface area contributed by atoms with Crippen LogP contribution in [0.5, 0.6) is 0 Å². The van der Waals surface area contributed by atoms with Crippen molar-refractivity contribution in [3.63, 3.8) is 0 Å². The fourth-order valence-corrected chi connectivity index (χ4v) is 1.74. The average molecular weight is 299 g/mol. The van der Waals surface area contributed by atoms with Crippen molar-refractivity contribution in [3.05, 3.63) is 52.0 Å². The lowest BCUT2D eigenvalue weighted by atomic mass is 10.3. The standard InChI is InChI=1S/C11H9BrClN3/c12-8-5-10(11(13)16-6-8)15-7-9-3-1-2-4-14-9/h1-6,15H,7H2. The predicted octanol–water partition coefficient (Wildman–Crippen LogP) is 3.50. The number of rotatable bonds is 3. The van der Waals surface area contributed by atoms with Gasteiger partial charge in [0.25, 0.3) is 0 Å². The third kappa shape index (κ3) is 2.93. The quantitative estimate of drug-likeness (QED) is 0.881. The number of aromatic nitrogens is 2. The molecule has 1 N–H and O–H groups in total. The molecule has 0 saturated carbocycles. The molecule has 0 saturated heterocycles. The molecule has 0 radical (unpaired) electrons. The topological polar surface area (TPSA) is 37.8 Å². The molecule has 2 heterocycles. The van der Waals surface area contributed by atoms with Crippen LogP contribution in [0.2, 0.25) is 5.15 Å². The van der Waals surface area contributed by atoms with Crippen LogP contribution < -0.4 is 5.32 Å². The summed E-state index contributed by atoms with van der Waals surface area (Å²) < 4.78 is 0.889. The van der Waals surface area contributed by atoms with E-state index >= 15 is 0 Å². The molecule has 2 aromatic heterocycles. The Hall–Kier alpha value is -1.13. The molecule has 16 heavy (non-hydrogen) atoms.